The molecule has 78 valence electrons. The third-order valence-electron chi connectivity index (χ3n) is 2.32. The molecule has 0 aromatic carbocycles. The number of halogens is 1. The quantitative estimate of drug-likeness (QED) is 0.727. The molecule has 1 saturated heterocycles. The van der Waals surface area contributed by atoms with Gasteiger partial charge in [0.2, 0.25) is 10.0 Å². The topological polar surface area (TPSA) is 37.4 Å². The largest absolute Gasteiger partial charge is 0.214 e. The van der Waals surface area contributed by atoms with Crippen LogP contribution in [0.25, 0.3) is 0 Å². The molecule has 0 aromatic heterocycles. The molecule has 1 aliphatic heterocycles. The van der Waals surface area contributed by atoms with Crippen LogP contribution in [-0.4, -0.2) is 36.4 Å². The average Bonchev–Trinajstić information content (AvgIpc) is 2.51. The van der Waals surface area contributed by atoms with Gasteiger partial charge in [-0.25, -0.2) is 8.42 Å². The van der Waals surface area contributed by atoms with Gasteiger partial charge in [-0.2, -0.15) is 4.31 Å². The minimum atomic E-state index is -2.97. The molecule has 0 N–H and O–H groups in total. The van der Waals surface area contributed by atoms with Crippen molar-refractivity contribution >= 4 is 26.0 Å². The van der Waals surface area contributed by atoms with Gasteiger partial charge in [0.05, 0.1) is 5.75 Å². The maximum atomic E-state index is 11.7. The van der Waals surface area contributed by atoms with Crippen molar-refractivity contribution in [3.05, 3.63) is 0 Å². The van der Waals surface area contributed by atoms with Crippen molar-refractivity contribution in [2.24, 2.45) is 0 Å². The predicted octanol–water partition coefficient (Wildman–Crippen LogP) is 1.59. The maximum Gasteiger partial charge on any atom is 0.214 e. The van der Waals surface area contributed by atoms with Gasteiger partial charge < -0.3 is 0 Å². The van der Waals surface area contributed by atoms with E-state index in [4.69, 9.17) is 0 Å². The monoisotopic (exact) mass is 269 g/mol. The molecular formula is C8H16BrNO2S. The highest BCUT2D eigenvalue weighted by molar-refractivity contribution is 9.09. The molecule has 0 amide bonds. The first-order chi connectivity index (χ1) is 6.11. The van der Waals surface area contributed by atoms with E-state index in [1.807, 2.05) is 6.92 Å². The van der Waals surface area contributed by atoms with Crippen molar-refractivity contribution in [2.75, 3.05) is 17.6 Å². The number of hydrogen-bond acceptors (Lipinski definition) is 2. The molecule has 0 bridgehead atoms. The molecule has 1 aliphatic rings. The summed E-state index contributed by atoms with van der Waals surface area (Å²) in [5.74, 6) is 0.288. The van der Waals surface area contributed by atoms with E-state index in [2.05, 4.69) is 15.9 Å². The van der Waals surface area contributed by atoms with E-state index in [1.165, 1.54) is 0 Å². The molecule has 0 aromatic rings. The van der Waals surface area contributed by atoms with Crippen LogP contribution in [0.4, 0.5) is 0 Å². The van der Waals surface area contributed by atoms with Crippen molar-refractivity contribution in [1.82, 2.24) is 4.31 Å². The molecule has 1 fully saturated rings. The molecule has 1 heterocycles. The zero-order chi connectivity index (χ0) is 9.90. The molecule has 0 spiro atoms. The van der Waals surface area contributed by atoms with Crippen LogP contribution in [-0.2, 0) is 10.0 Å². The van der Waals surface area contributed by atoms with Crippen LogP contribution < -0.4 is 0 Å². The van der Waals surface area contributed by atoms with Crippen molar-refractivity contribution < 1.29 is 8.42 Å². The second-order valence-corrected chi connectivity index (χ2v) is 6.07. The Balaban J connectivity index is 2.69. The first-order valence-corrected chi connectivity index (χ1v) is 7.40. The number of hydrogen-bond donors (Lipinski definition) is 0. The van der Waals surface area contributed by atoms with E-state index in [0.717, 1.165) is 18.2 Å². The lowest BCUT2D eigenvalue weighted by Crippen LogP contribution is -2.37. The van der Waals surface area contributed by atoms with E-state index in [1.54, 1.807) is 4.31 Å². The molecule has 3 nitrogen and oxygen atoms in total. The Morgan fingerprint density at radius 1 is 1.54 bits per heavy atom. The lowest BCUT2D eigenvalue weighted by molar-refractivity contribution is 0.413. The van der Waals surface area contributed by atoms with Crippen LogP contribution in [0.2, 0.25) is 0 Å². The summed E-state index contributed by atoms with van der Waals surface area (Å²) in [6, 6.07) is 0.191. The Labute approximate surface area is 88.7 Å². The van der Waals surface area contributed by atoms with Crippen molar-refractivity contribution in [3.8, 4) is 0 Å². The van der Waals surface area contributed by atoms with Gasteiger partial charge in [0, 0.05) is 17.9 Å². The molecule has 1 unspecified atom stereocenters. The molecule has 0 saturated carbocycles. The number of nitrogens with zero attached hydrogens (tertiary/aromatic N) is 1. The van der Waals surface area contributed by atoms with Gasteiger partial charge in [0.15, 0.2) is 0 Å². The summed E-state index contributed by atoms with van der Waals surface area (Å²) in [6.45, 7) is 2.61. The van der Waals surface area contributed by atoms with E-state index >= 15 is 0 Å². The fourth-order valence-corrected chi connectivity index (χ4v) is 4.36. The molecule has 0 aliphatic carbocycles. The van der Waals surface area contributed by atoms with Gasteiger partial charge >= 0.3 is 0 Å². The molecule has 5 heteroatoms. The van der Waals surface area contributed by atoms with E-state index in [9.17, 15) is 8.42 Å². The Morgan fingerprint density at radius 2 is 2.23 bits per heavy atom. The third kappa shape index (κ3) is 2.67. The van der Waals surface area contributed by atoms with E-state index in [-0.39, 0.29) is 11.8 Å². The average molecular weight is 270 g/mol. The number of sulfonamides is 1. The summed E-state index contributed by atoms with van der Waals surface area (Å²) < 4.78 is 25.1. The fourth-order valence-electron chi connectivity index (χ4n) is 1.70. The van der Waals surface area contributed by atoms with Gasteiger partial charge in [-0.3, -0.25) is 0 Å². The highest BCUT2D eigenvalue weighted by Crippen LogP contribution is 2.22. The summed E-state index contributed by atoms with van der Waals surface area (Å²) in [6.07, 6.45) is 2.70. The van der Waals surface area contributed by atoms with Crippen molar-refractivity contribution in [1.29, 1.82) is 0 Å². The van der Waals surface area contributed by atoms with Gasteiger partial charge in [-0.1, -0.05) is 22.9 Å². The zero-order valence-electron chi connectivity index (χ0n) is 7.87. The zero-order valence-corrected chi connectivity index (χ0v) is 10.3. The van der Waals surface area contributed by atoms with Crippen LogP contribution >= 0.6 is 15.9 Å². The Morgan fingerprint density at radius 3 is 2.77 bits per heavy atom. The number of alkyl halides is 1. The van der Waals surface area contributed by atoms with Gasteiger partial charge in [0.25, 0.3) is 0 Å². The van der Waals surface area contributed by atoms with Crippen LogP contribution in [0, 0.1) is 0 Å². The first kappa shape index (κ1) is 11.5. The summed E-state index contributed by atoms with van der Waals surface area (Å²) >= 11 is 3.35. The summed E-state index contributed by atoms with van der Waals surface area (Å²) in [5.41, 5.74) is 0. The van der Waals surface area contributed by atoms with Gasteiger partial charge in [-0.05, 0) is 19.3 Å². The second kappa shape index (κ2) is 4.75. The lowest BCUT2D eigenvalue weighted by Gasteiger charge is -2.21. The summed E-state index contributed by atoms with van der Waals surface area (Å²) in [4.78, 5) is 0. The Kier molecular flexibility index (Phi) is 4.19. The Hall–Kier alpha value is 0.390. The predicted molar refractivity (Wildman–Crippen MR) is 57.6 cm³/mol. The smallest absolute Gasteiger partial charge is 0.212 e. The summed E-state index contributed by atoms with van der Waals surface area (Å²) in [5, 5.41) is 0.760. The third-order valence-corrected chi connectivity index (χ3v) is 5.19. The lowest BCUT2D eigenvalue weighted by atomic mass is 10.3. The molecule has 1 atom stereocenters. The van der Waals surface area contributed by atoms with E-state index in [0.29, 0.717) is 13.0 Å². The maximum absolute atomic E-state index is 11.7. The first-order valence-electron chi connectivity index (χ1n) is 4.67. The van der Waals surface area contributed by atoms with Crippen LogP contribution in [0.15, 0.2) is 0 Å². The second-order valence-electron chi connectivity index (χ2n) is 3.38. The minimum Gasteiger partial charge on any atom is -0.212 e. The SMILES string of the molecule is CCCS(=O)(=O)N1CCCC1CBr. The number of rotatable bonds is 4. The highest BCUT2D eigenvalue weighted by atomic mass is 79.9. The molecular weight excluding hydrogens is 254 g/mol. The summed E-state index contributed by atoms with van der Waals surface area (Å²) in [7, 11) is -2.97. The van der Waals surface area contributed by atoms with Crippen molar-refractivity contribution in [3.63, 3.8) is 0 Å². The van der Waals surface area contributed by atoms with Crippen molar-refractivity contribution in [2.45, 2.75) is 32.2 Å². The van der Waals surface area contributed by atoms with Gasteiger partial charge in [-0.15, -0.1) is 0 Å². The van der Waals surface area contributed by atoms with Crippen LogP contribution in [0.3, 0.4) is 0 Å². The molecule has 0 radical (unpaired) electrons. The van der Waals surface area contributed by atoms with Gasteiger partial charge in [0.1, 0.15) is 0 Å². The fraction of sp³-hybridized carbons (Fsp3) is 1.00. The minimum absolute atomic E-state index is 0.191. The highest BCUT2D eigenvalue weighted by Gasteiger charge is 2.32. The molecule has 13 heavy (non-hydrogen) atoms. The Bertz CT molecular complexity index is 253. The van der Waals surface area contributed by atoms with Crippen LogP contribution in [0.1, 0.15) is 26.2 Å². The van der Waals surface area contributed by atoms with Crippen LogP contribution in [0.5, 0.6) is 0 Å². The molecule has 1 rings (SSSR count). The standard InChI is InChI=1S/C8H16BrNO2S/c1-2-6-13(11,12)10-5-3-4-8(10)7-9/h8H,2-7H2,1H3. The van der Waals surface area contributed by atoms with E-state index < -0.39 is 10.0 Å². The normalized spacial score (nSPS) is 25.2.